The second-order valence-corrected chi connectivity index (χ2v) is 6.90. The van der Waals surface area contributed by atoms with Gasteiger partial charge in [0.15, 0.2) is 0 Å². The number of aryl methyl sites for hydroxylation is 1. The van der Waals surface area contributed by atoms with E-state index in [9.17, 15) is 4.79 Å². The Morgan fingerprint density at radius 3 is 2.50 bits per heavy atom. The van der Waals surface area contributed by atoms with Crippen LogP contribution in [-0.2, 0) is 0 Å². The lowest BCUT2D eigenvalue weighted by molar-refractivity contribution is 0.0941. The van der Waals surface area contributed by atoms with Crippen molar-refractivity contribution in [2.45, 2.75) is 6.92 Å². The van der Waals surface area contributed by atoms with Gasteiger partial charge in [-0.15, -0.1) is 0 Å². The number of piperazine rings is 1. The van der Waals surface area contributed by atoms with Crippen molar-refractivity contribution in [1.29, 1.82) is 0 Å². The van der Waals surface area contributed by atoms with E-state index in [1.54, 1.807) is 6.20 Å². The molecule has 3 rings (SSSR count). The highest BCUT2D eigenvalue weighted by Crippen LogP contribution is 2.22. The molecule has 1 aliphatic heterocycles. The van der Waals surface area contributed by atoms with Gasteiger partial charge in [-0.3, -0.25) is 9.69 Å². The molecule has 0 unspecified atom stereocenters. The van der Waals surface area contributed by atoms with Gasteiger partial charge in [-0.1, -0.05) is 12.1 Å². The van der Waals surface area contributed by atoms with Gasteiger partial charge < -0.3 is 16.0 Å². The second kappa shape index (κ2) is 8.29. The molecule has 0 aliphatic carbocycles. The molecule has 1 aromatic heterocycles. The SMILES string of the molecule is Cc1cc(-c2ccc(C(=O)NCCN3CCN(C)CC3)cc2)cnc1N. The summed E-state index contributed by atoms with van der Waals surface area (Å²) in [6.07, 6.45) is 1.76. The molecular formula is C20H27N5O. The fourth-order valence-electron chi connectivity index (χ4n) is 3.06. The number of nitrogens with zero attached hydrogens (tertiary/aromatic N) is 3. The molecule has 1 fully saturated rings. The van der Waals surface area contributed by atoms with Gasteiger partial charge in [0.2, 0.25) is 0 Å². The molecule has 1 aromatic carbocycles. The molecule has 3 N–H and O–H groups in total. The van der Waals surface area contributed by atoms with Gasteiger partial charge >= 0.3 is 0 Å². The number of hydrogen-bond acceptors (Lipinski definition) is 5. The third kappa shape index (κ3) is 4.59. The molecule has 138 valence electrons. The molecule has 6 nitrogen and oxygen atoms in total. The van der Waals surface area contributed by atoms with Crippen molar-refractivity contribution >= 4 is 11.7 Å². The number of hydrogen-bond donors (Lipinski definition) is 2. The molecular weight excluding hydrogens is 326 g/mol. The van der Waals surface area contributed by atoms with Crippen LogP contribution in [0.25, 0.3) is 11.1 Å². The Morgan fingerprint density at radius 2 is 1.85 bits per heavy atom. The molecule has 1 amide bonds. The minimum atomic E-state index is -0.0303. The number of rotatable bonds is 5. The number of carbonyl (C=O) groups is 1. The number of likely N-dealkylation sites (N-methyl/N-ethyl adjacent to an activating group) is 1. The van der Waals surface area contributed by atoms with Crippen molar-refractivity contribution in [3.8, 4) is 11.1 Å². The number of aromatic nitrogens is 1. The first-order valence-corrected chi connectivity index (χ1v) is 9.04. The van der Waals surface area contributed by atoms with Gasteiger partial charge in [0.05, 0.1) is 0 Å². The minimum Gasteiger partial charge on any atom is -0.383 e. The molecule has 26 heavy (non-hydrogen) atoms. The van der Waals surface area contributed by atoms with E-state index in [-0.39, 0.29) is 5.91 Å². The van der Waals surface area contributed by atoms with Gasteiger partial charge in [0, 0.05) is 56.6 Å². The zero-order chi connectivity index (χ0) is 18.5. The van der Waals surface area contributed by atoms with Crippen LogP contribution in [0.2, 0.25) is 0 Å². The summed E-state index contributed by atoms with van der Waals surface area (Å²) in [5.41, 5.74) is 9.41. The van der Waals surface area contributed by atoms with Crippen molar-refractivity contribution in [3.63, 3.8) is 0 Å². The Kier molecular flexibility index (Phi) is 5.85. The quantitative estimate of drug-likeness (QED) is 0.854. The van der Waals surface area contributed by atoms with Crippen LogP contribution in [0.3, 0.4) is 0 Å². The van der Waals surface area contributed by atoms with E-state index in [1.807, 2.05) is 37.3 Å². The van der Waals surface area contributed by atoms with Gasteiger partial charge in [0.1, 0.15) is 5.82 Å². The van der Waals surface area contributed by atoms with Crippen LogP contribution in [0, 0.1) is 6.92 Å². The molecule has 0 spiro atoms. The van der Waals surface area contributed by atoms with Crippen molar-refractivity contribution < 1.29 is 4.79 Å². The van der Waals surface area contributed by atoms with Crippen LogP contribution in [0.15, 0.2) is 36.5 Å². The molecule has 0 atom stereocenters. The van der Waals surface area contributed by atoms with E-state index in [1.165, 1.54) is 0 Å². The molecule has 1 aliphatic rings. The number of nitrogens with one attached hydrogen (secondary N) is 1. The van der Waals surface area contributed by atoms with Crippen LogP contribution in [0.4, 0.5) is 5.82 Å². The van der Waals surface area contributed by atoms with Crippen LogP contribution in [-0.4, -0.2) is 67.0 Å². The number of nitrogen functional groups attached to an aromatic ring is 1. The topological polar surface area (TPSA) is 74.5 Å². The Balaban J connectivity index is 1.52. The Labute approximate surface area is 155 Å². The van der Waals surface area contributed by atoms with E-state index in [0.717, 1.165) is 49.4 Å². The first-order chi connectivity index (χ1) is 12.5. The predicted octanol–water partition coefficient (Wildman–Crippen LogP) is 1.62. The summed E-state index contributed by atoms with van der Waals surface area (Å²) in [4.78, 5) is 21.2. The number of anilines is 1. The molecule has 2 heterocycles. The maximum atomic E-state index is 12.3. The summed E-state index contributed by atoms with van der Waals surface area (Å²) in [6, 6.07) is 9.61. The normalized spacial score (nSPS) is 15.8. The lowest BCUT2D eigenvalue weighted by atomic mass is 10.0. The van der Waals surface area contributed by atoms with Gasteiger partial charge in [0.25, 0.3) is 5.91 Å². The maximum Gasteiger partial charge on any atom is 0.251 e. The fourth-order valence-corrected chi connectivity index (χ4v) is 3.06. The lowest BCUT2D eigenvalue weighted by Gasteiger charge is -2.32. The van der Waals surface area contributed by atoms with Gasteiger partial charge in [-0.05, 0) is 43.3 Å². The Bertz CT molecular complexity index is 751. The first-order valence-electron chi connectivity index (χ1n) is 9.04. The minimum absolute atomic E-state index is 0.0303. The van der Waals surface area contributed by atoms with E-state index in [2.05, 4.69) is 27.1 Å². The van der Waals surface area contributed by atoms with Crippen molar-refractivity contribution in [2.24, 2.45) is 0 Å². The number of amides is 1. The third-order valence-corrected chi connectivity index (χ3v) is 4.91. The highest BCUT2D eigenvalue weighted by molar-refractivity contribution is 5.94. The standard InChI is InChI=1S/C20H27N5O/c1-15-13-18(14-23-19(15)21)16-3-5-17(6-4-16)20(26)22-7-8-25-11-9-24(2)10-12-25/h3-6,13-14H,7-12H2,1-2H3,(H2,21,23)(H,22,26). The zero-order valence-electron chi connectivity index (χ0n) is 15.5. The van der Waals surface area contributed by atoms with E-state index < -0.39 is 0 Å². The molecule has 0 bridgehead atoms. The summed E-state index contributed by atoms with van der Waals surface area (Å²) in [7, 11) is 2.14. The first kappa shape index (κ1) is 18.4. The zero-order valence-corrected chi connectivity index (χ0v) is 15.5. The highest BCUT2D eigenvalue weighted by atomic mass is 16.1. The maximum absolute atomic E-state index is 12.3. The van der Waals surface area contributed by atoms with Gasteiger partial charge in [-0.25, -0.2) is 4.98 Å². The van der Waals surface area contributed by atoms with Crippen LogP contribution in [0.1, 0.15) is 15.9 Å². The van der Waals surface area contributed by atoms with Crippen LogP contribution < -0.4 is 11.1 Å². The van der Waals surface area contributed by atoms with Gasteiger partial charge in [-0.2, -0.15) is 0 Å². The average Bonchev–Trinajstić information content (AvgIpc) is 2.65. The predicted molar refractivity (Wildman–Crippen MR) is 105 cm³/mol. The Morgan fingerprint density at radius 1 is 1.15 bits per heavy atom. The molecule has 0 saturated carbocycles. The van der Waals surface area contributed by atoms with Crippen molar-refractivity contribution in [1.82, 2.24) is 20.1 Å². The second-order valence-electron chi connectivity index (χ2n) is 6.90. The van der Waals surface area contributed by atoms with Crippen molar-refractivity contribution in [2.75, 3.05) is 52.0 Å². The van der Waals surface area contributed by atoms with E-state index in [0.29, 0.717) is 17.9 Å². The summed E-state index contributed by atoms with van der Waals surface area (Å²) >= 11 is 0. The third-order valence-electron chi connectivity index (χ3n) is 4.91. The van der Waals surface area contributed by atoms with E-state index >= 15 is 0 Å². The monoisotopic (exact) mass is 353 g/mol. The summed E-state index contributed by atoms with van der Waals surface area (Å²) in [6.45, 7) is 7.82. The largest absolute Gasteiger partial charge is 0.383 e. The summed E-state index contributed by atoms with van der Waals surface area (Å²) in [5.74, 6) is 0.516. The number of benzene rings is 1. The number of pyridine rings is 1. The molecule has 1 saturated heterocycles. The fraction of sp³-hybridized carbons (Fsp3) is 0.400. The van der Waals surface area contributed by atoms with Crippen LogP contribution in [0.5, 0.6) is 0 Å². The average molecular weight is 353 g/mol. The molecule has 0 radical (unpaired) electrons. The summed E-state index contributed by atoms with van der Waals surface area (Å²) in [5, 5.41) is 3.01. The lowest BCUT2D eigenvalue weighted by Crippen LogP contribution is -2.46. The highest BCUT2D eigenvalue weighted by Gasteiger charge is 2.13. The van der Waals surface area contributed by atoms with E-state index in [4.69, 9.17) is 5.73 Å². The Hall–Kier alpha value is -2.44. The van der Waals surface area contributed by atoms with Crippen LogP contribution >= 0.6 is 0 Å². The summed E-state index contributed by atoms with van der Waals surface area (Å²) < 4.78 is 0. The smallest absolute Gasteiger partial charge is 0.251 e. The molecule has 2 aromatic rings. The number of carbonyl (C=O) groups excluding carboxylic acids is 1. The molecule has 6 heteroatoms. The number of nitrogens with two attached hydrogens (primary N) is 1. The van der Waals surface area contributed by atoms with Crippen molar-refractivity contribution in [3.05, 3.63) is 47.7 Å².